The summed E-state index contributed by atoms with van der Waals surface area (Å²) in [6.45, 7) is 5.20. The van der Waals surface area contributed by atoms with Crippen LogP contribution in [-0.2, 0) is 0 Å². The first-order valence-electron chi connectivity index (χ1n) is 2.36. The minimum absolute atomic E-state index is 0.701. The van der Waals surface area contributed by atoms with E-state index in [0.717, 1.165) is 0 Å². The van der Waals surface area contributed by atoms with Crippen molar-refractivity contribution in [2.24, 2.45) is 10.7 Å². The smallest absolute Gasteiger partial charge is 0.0773 e. The lowest BCUT2D eigenvalue weighted by Gasteiger charge is -1.84. The van der Waals surface area contributed by atoms with E-state index in [4.69, 9.17) is 5.73 Å². The van der Waals surface area contributed by atoms with Gasteiger partial charge in [-0.05, 0) is 19.7 Å². The van der Waals surface area contributed by atoms with Gasteiger partial charge in [-0.25, -0.2) is 0 Å². The molecule has 0 aromatic heterocycles. The predicted octanol–water partition coefficient (Wildman–Crippen LogP) is 1.06. The van der Waals surface area contributed by atoms with Crippen molar-refractivity contribution in [2.75, 3.05) is 0 Å². The maximum atomic E-state index is 5.12. The van der Waals surface area contributed by atoms with Crippen molar-refractivity contribution in [3.8, 4) is 0 Å². The summed E-state index contributed by atoms with van der Waals surface area (Å²) in [5.41, 5.74) is 5.82. The third-order valence-corrected chi connectivity index (χ3v) is 0.691. The SMILES string of the molecule is C=NC(/C=C\C)=C/N. The van der Waals surface area contributed by atoms with E-state index in [2.05, 4.69) is 11.7 Å². The van der Waals surface area contributed by atoms with E-state index in [1.165, 1.54) is 6.20 Å². The molecule has 0 unspecified atom stereocenters. The molecule has 0 bridgehead atoms. The molecular weight excluding hydrogens is 100 g/mol. The maximum Gasteiger partial charge on any atom is 0.0773 e. The zero-order chi connectivity index (χ0) is 6.41. The lowest BCUT2D eigenvalue weighted by molar-refractivity contribution is 1.37. The molecule has 8 heavy (non-hydrogen) atoms. The Morgan fingerprint density at radius 2 is 2.38 bits per heavy atom. The van der Waals surface area contributed by atoms with Gasteiger partial charge in [-0.1, -0.05) is 6.08 Å². The zero-order valence-corrected chi connectivity index (χ0v) is 4.96. The summed E-state index contributed by atoms with van der Waals surface area (Å²) in [5, 5.41) is 0. The van der Waals surface area contributed by atoms with Crippen molar-refractivity contribution in [1.29, 1.82) is 0 Å². The average Bonchev–Trinajstić information content (AvgIpc) is 1.83. The second-order valence-corrected chi connectivity index (χ2v) is 1.25. The van der Waals surface area contributed by atoms with Gasteiger partial charge in [0.2, 0.25) is 0 Å². The summed E-state index contributed by atoms with van der Waals surface area (Å²) in [5.74, 6) is 0. The van der Waals surface area contributed by atoms with Crippen molar-refractivity contribution < 1.29 is 0 Å². The largest absolute Gasteiger partial charge is 0.403 e. The van der Waals surface area contributed by atoms with Gasteiger partial charge in [0.1, 0.15) is 0 Å². The molecule has 0 amide bonds. The van der Waals surface area contributed by atoms with Crippen LogP contribution in [0.25, 0.3) is 0 Å². The number of nitrogens with two attached hydrogens (primary N) is 1. The van der Waals surface area contributed by atoms with Crippen LogP contribution < -0.4 is 5.73 Å². The van der Waals surface area contributed by atoms with Crippen LogP contribution in [0.5, 0.6) is 0 Å². The first-order chi connectivity index (χ1) is 3.85. The number of allylic oxidation sites excluding steroid dienone is 2. The van der Waals surface area contributed by atoms with Crippen LogP contribution in [0.3, 0.4) is 0 Å². The molecule has 0 saturated heterocycles. The van der Waals surface area contributed by atoms with Crippen LogP contribution in [0.4, 0.5) is 0 Å². The van der Waals surface area contributed by atoms with E-state index in [1.54, 1.807) is 6.08 Å². The van der Waals surface area contributed by atoms with Crippen LogP contribution in [-0.4, -0.2) is 6.72 Å². The van der Waals surface area contributed by atoms with Crippen LogP contribution in [0.1, 0.15) is 6.92 Å². The van der Waals surface area contributed by atoms with E-state index in [9.17, 15) is 0 Å². The molecule has 0 radical (unpaired) electrons. The maximum absolute atomic E-state index is 5.12. The highest BCUT2D eigenvalue weighted by Crippen LogP contribution is 1.92. The fraction of sp³-hybridized carbons (Fsp3) is 0.167. The summed E-state index contributed by atoms with van der Waals surface area (Å²) < 4.78 is 0. The Labute approximate surface area is 49.4 Å². The van der Waals surface area contributed by atoms with Crippen LogP contribution >= 0.6 is 0 Å². The van der Waals surface area contributed by atoms with Crippen LogP contribution in [0, 0.1) is 0 Å². The Morgan fingerprint density at radius 3 is 2.50 bits per heavy atom. The van der Waals surface area contributed by atoms with Crippen LogP contribution in [0.15, 0.2) is 29.0 Å². The number of aliphatic imine (C=N–C) groups is 1. The van der Waals surface area contributed by atoms with Gasteiger partial charge < -0.3 is 5.73 Å². The Hall–Kier alpha value is -1.05. The Bertz CT molecular complexity index is 122. The molecule has 0 saturated carbocycles. The van der Waals surface area contributed by atoms with E-state index < -0.39 is 0 Å². The summed E-state index contributed by atoms with van der Waals surface area (Å²) in [4.78, 5) is 3.60. The molecule has 0 aromatic carbocycles. The second kappa shape index (κ2) is 4.12. The molecule has 0 fully saturated rings. The highest BCUT2D eigenvalue weighted by molar-refractivity contribution is 5.32. The van der Waals surface area contributed by atoms with E-state index >= 15 is 0 Å². The van der Waals surface area contributed by atoms with E-state index in [1.807, 2.05) is 13.0 Å². The summed E-state index contributed by atoms with van der Waals surface area (Å²) in [6.07, 6.45) is 5.05. The quantitative estimate of drug-likeness (QED) is 0.419. The lowest BCUT2D eigenvalue weighted by Crippen LogP contribution is -1.80. The van der Waals surface area contributed by atoms with Gasteiger partial charge in [0.15, 0.2) is 0 Å². The van der Waals surface area contributed by atoms with Gasteiger partial charge in [-0.15, -0.1) is 0 Å². The first-order valence-corrected chi connectivity index (χ1v) is 2.36. The number of nitrogens with zero attached hydrogens (tertiary/aromatic N) is 1. The highest BCUT2D eigenvalue weighted by Gasteiger charge is 1.76. The Balaban J connectivity index is 3.91. The first kappa shape index (κ1) is 6.95. The third kappa shape index (κ3) is 2.18. The molecule has 0 aliphatic rings. The monoisotopic (exact) mass is 110 g/mol. The standard InChI is InChI=1S/C6H10N2/c1-3-4-6(5-7)8-2/h3-5H,2,7H2,1H3/b4-3-,6-5+. The highest BCUT2D eigenvalue weighted by atomic mass is 14.7. The molecule has 44 valence electrons. The number of rotatable bonds is 2. The molecule has 0 rings (SSSR count). The molecule has 0 atom stereocenters. The number of hydrogen-bond donors (Lipinski definition) is 1. The molecule has 0 heterocycles. The van der Waals surface area contributed by atoms with Gasteiger partial charge in [0.05, 0.1) is 5.70 Å². The van der Waals surface area contributed by atoms with Crippen molar-refractivity contribution >= 4 is 6.72 Å². The molecule has 0 aromatic rings. The molecule has 0 aliphatic carbocycles. The second-order valence-electron chi connectivity index (χ2n) is 1.25. The Morgan fingerprint density at radius 1 is 1.75 bits per heavy atom. The summed E-state index contributed by atoms with van der Waals surface area (Å²) >= 11 is 0. The topological polar surface area (TPSA) is 38.4 Å². The summed E-state index contributed by atoms with van der Waals surface area (Å²) in [7, 11) is 0. The number of hydrogen-bond acceptors (Lipinski definition) is 2. The zero-order valence-electron chi connectivity index (χ0n) is 4.96. The average molecular weight is 110 g/mol. The normalized spacial score (nSPS) is 12.4. The molecule has 2 N–H and O–H groups in total. The van der Waals surface area contributed by atoms with E-state index in [0.29, 0.717) is 5.70 Å². The Kier molecular flexibility index (Phi) is 3.58. The summed E-state index contributed by atoms with van der Waals surface area (Å²) in [6, 6.07) is 0. The minimum atomic E-state index is 0.701. The molecular formula is C6H10N2. The fourth-order valence-corrected chi connectivity index (χ4v) is 0.332. The van der Waals surface area contributed by atoms with Crippen molar-refractivity contribution in [3.05, 3.63) is 24.0 Å². The van der Waals surface area contributed by atoms with Gasteiger partial charge in [0, 0.05) is 6.20 Å². The minimum Gasteiger partial charge on any atom is -0.403 e. The van der Waals surface area contributed by atoms with Crippen molar-refractivity contribution in [1.82, 2.24) is 0 Å². The molecule has 2 heteroatoms. The van der Waals surface area contributed by atoms with Gasteiger partial charge in [0.25, 0.3) is 0 Å². The van der Waals surface area contributed by atoms with E-state index in [-0.39, 0.29) is 0 Å². The fourth-order valence-electron chi connectivity index (χ4n) is 0.332. The molecule has 0 spiro atoms. The molecule has 0 aliphatic heterocycles. The van der Waals surface area contributed by atoms with Gasteiger partial charge in [-0.2, -0.15) is 0 Å². The molecule has 2 nitrogen and oxygen atoms in total. The van der Waals surface area contributed by atoms with Gasteiger partial charge in [-0.3, -0.25) is 4.99 Å². The van der Waals surface area contributed by atoms with Crippen molar-refractivity contribution in [3.63, 3.8) is 0 Å². The van der Waals surface area contributed by atoms with Crippen LogP contribution in [0.2, 0.25) is 0 Å². The lowest BCUT2D eigenvalue weighted by atomic mass is 10.4. The van der Waals surface area contributed by atoms with Crippen molar-refractivity contribution in [2.45, 2.75) is 6.92 Å². The third-order valence-electron chi connectivity index (χ3n) is 0.691. The predicted molar refractivity (Wildman–Crippen MR) is 36.6 cm³/mol. The van der Waals surface area contributed by atoms with Gasteiger partial charge >= 0.3 is 0 Å².